The van der Waals surface area contributed by atoms with Gasteiger partial charge in [0.2, 0.25) is 0 Å². The van der Waals surface area contributed by atoms with Gasteiger partial charge in [-0.1, -0.05) is 26.0 Å². The molecule has 1 heterocycles. The zero-order chi connectivity index (χ0) is 20.4. The number of guanidine groups is 1. The second kappa shape index (κ2) is 13.9. The molecular weight excluding hydrogens is 483 g/mol. The van der Waals surface area contributed by atoms with Crippen LogP contribution in [0.4, 0.5) is 0 Å². The lowest BCUT2D eigenvalue weighted by Gasteiger charge is -2.33. The van der Waals surface area contributed by atoms with Crippen LogP contribution >= 0.6 is 24.0 Å². The topological polar surface area (TPSA) is 78.4 Å². The van der Waals surface area contributed by atoms with E-state index in [2.05, 4.69) is 29.4 Å². The SMILES string of the molecule is CCNC(=NCC1CN(CC(C)C)CCO1)NCCc1cccc(OC)c1O.I. The van der Waals surface area contributed by atoms with E-state index in [1.54, 1.807) is 13.2 Å². The van der Waals surface area contributed by atoms with Crippen molar-refractivity contribution in [3.63, 3.8) is 0 Å². The molecule has 2 rings (SSSR count). The standard InChI is InChI=1S/C21H36N4O3.HI/c1-5-22-21(23-10-9-17-7-6-8-19(27-4)20(17)26)24-13-18-15-25(11-12-28-18)14-16(2)3;/h6-8,16,18,26H,5,9-15H2,1-4H3,(H2,22,23,24);1H. The first-order valence-corrected chi connectivity index (χ1v) is 10.2. The number of benzene rings is 1. The Morgan fingerprint density at radius 2 is 2.17 bits per heavy atom. The van der Waals surface area contributed by atoms with Gasteiger partial charge < -0.3 is 25.2 Å². The number of hydrogen-bond donors (Lipinski definition) is 3. The van der Waals surface area contributed by atoms with Gasteiger partial charge in [-0.2, -0.15) is 0 Å². The molecule has 0 aromatic heterocycles. The Morgan fingerprint density at radius 3 is 2.86 bits per heavy atom. The van der Waals surface area contributed by atoms with Gasteiger partial charge >= 0.3 is 0 Å². The Kier molecular flexibility index (Phi) is 12.3. The molecular formula is C21H37IN4O3. The minimum absolute atomic E-state index is 0. The maximum atomic E-state index is 10.2. The van der Waals surface area contributed by atoms with E-state index < -0.39 is 0 Å². The molecule has 1 fully saturated rings. The van der Waals surface area contributed by atoms with Crippen LogP contribution in [-0.2, 0) is 11.2 Å². The first kappa shape index (κ1) is 25.8. The van der Waals surface area contributed by atoms with Gasteiger partial charge in [-0.25, -0.2) is 0 Å². The van der Waals surface area contributed by atoms with Crippen molar-refractivity contribution < 1.29 is 14.6 Å². The predicted molar refractivity (Wildman–Crippen MR) is 129 cm³/mol. The normalized spacial score (nSPS) is 17.7. The molecule has 1 atom stereocenters. The third-order valence-electron chi connectivity index (χ3n) is 4.63. The molecule has 0 spiro atoms. The quantitative estimate of drug-likeness (QED) is 0.264. The highest BCUT2D eigenvalue weighted by Gasteiger charge is 2.20. The van der Waals surface area contributed by atoms with E-state index in [4.69, 9.17) is 14.5 Å². The smallest absolute Gasteiger partial charge is 0.191 e. The van der Waals surface area contributed by atoms with Crippen molar-refractivity contribution in [2.75, 3.05) is 53.0 Å². The Balaban J connectivity index is 0.00000420. The van der Waals surface area contributed by atoms with Crippen LogP contribution in [0.5, 0.6) is 11.5 Å². The summed E-state index contributed by atoms with van der Waals surface area (Å²) in [6.07, 6.45) is 0.806. The summed E-state index contributed by atoms with van der Waals surface area (Å²) in [6, 6.07) is 5.55. The van der Waals surface area contributed by atoms with Gasteiger partial charge in [-0.05, 0) is 30.9 Å². The van der Waals surface area contributed by atoms with Crippen molar-refractivity contribution in [3.05, 3.63) is 23.8 Å². The summed E-state index contributed by atoms with van der Waals surface area (Å²) in [6.45, 7) is 12.4. The molecule has 1 aliphatic rings. The van der Waals surface area contributed by atoms with E-state index in [-0.39, 0.29) is 35.8 Å². The molecule has 7 nitrogen and oxygen atoms in total. The minimum Gasteiger partial charge on any atom is -0.504 e. The van der Waals surface area contributed by atoms with Crippen LogP contribution in [0, 0.1) is 5.92 Å². The zero-order valence-electron chi connectivity index (χ0n) is 18.1. The summed E-state index contributed by atoms with van der Waals surface area (Å²) in [4.78, 5) is 7.15. The van der Waals surface area contributed by atoms with Crippen molar-refractivity contribution in [2.24, 2.45) is 10.9 Å². The molecule has 0 bridgehead atoms. The number of morpholine rings is 1. The Labute approximate surface area is 192 Å². The highest BCUT2D eigenvalue weighted by Crippen LogP contribution is 2.29. The van der Waals surface area contributed by atoms with Crippen LogP contribution < -0.4 is 15.4 Å². The molecule has 29 heavy (non-hydrogen) atoms. The molecule has 1 aliphatic heterocycles. The second-order valence-electron chi connectivity index (χ2n) is 7.51. The molecule has 0 radical (unpaired) electrons. The Morgan fingerprint density at radius 1 is 1.38 bits per heavy atom. The van der Waals surface area contributed by atoms with Crippen LogP contribution in [-0.4, -0.2) is 75.1 Å². The number of aliphatic imine (C=N–C) groups is 1. The van der Waals surface area contributed by atoms with Crippen molar-refractivity contribution in [1.29, 1.82) is 0 Å². The number of hydrogen-bond acceptors (Lipinski definition) is 5. The maximum absolute atomic E-state index is 10.2. The predicted octanol–water partition coefficient (Wildman–Crippen LogP) is 2.47. The molecule has 0 amide bonds. The molecule has 1 unspecified atom stereocenters. The second-order valence-corrected chi connectivity index (χ2v) is 7.51. The van der Waals surface area contributed by atoms with E-state index in [1.807, 2.05) is 19.1 Å². The maximum Gasteiger partial charge on any atom is 0.191 e. The summed E-state index contributed by atoms with van der Waals surface area (Å²) in [7, 11) is 1.56. The van der Waals surface area contributed by atoms with Crippen LogP contribution in [0.25, 0.3) is 0 Å². The van der Waals surface area contributed by atoms with Gasteiger partial charge in [0.1, 0.15) is 0 Å². The number of rotatable bonds is 9. The number of halogens is 1. The number of nitrogens with zero attached hydrogens (tertiary/aromatic N) is 2. The van der Waals surface area contributed by atoms with E-state index in [1.165, 1.54) is 0 Å². The third kappa shape index (κ3) is 8.96. The van der Waals surface area contributed by atoms with Gasteiger partial charge in [-0.3, -0.25) is 9.89 Å². The first-order chi connectivity index (χ1) is 13.5. The highest BCUT2D eigenvalue weighted by atomic mass is 127. The van der Waals surface area contributed by atoms with Gasteiger partial charge in [0.25, 0.3) is 0 Å². The number of para-hydroxylation sites is 1. The van der Waals surface area contributed by atoms with Crippen molar-refractivity contribution in [3.8, 4) is 11.5 Å². The zero-order valence-corrected chi connectivity index (χ0v) is 20.4. The van der Waals surface area contributed by atoms with Gasteiger partial charge in [0.15, 0.2) is 17.5 Å². The largest absolute Gasteiger partial charge is 0.504 e. The van der Waals surface area contributed by atoms with E-state index in [0.29, 0.717) is 31.2 Å². The summed E-state index contributed by atoms with van der Waals surface area (Å²) < 4.78 is 11.0. The lowest BCUT2D eigenvalue weighted by molar-refractivity contribution is -0.0261. The molecule has 1 saturated heterocycles. The molecule has 0 aliphatic carbocycles. The van der Waals surface area contributed by atoms with E-state index in [9.17, 15) is 5.11 Å². The van der Waals surface area contributed by atoms with Crippen LogP contribution in [0.1, 0.15) is 26.3 Å². The molecule has 0 saturated carbocycles. The summed E-state index contributed by atoms with van der Waals surface area (Å²) in [5, 5.41) is 16.8. The summed E-state index contributed by atoms with van der Waals surface area (Å²) >= 11 is 0. The molecule has 3 N–H and O–H groups in total. The fraction of sp³-hybridized carbons (Fsp3) is 0.667. The third-order valence-corrected chi connectivity index (χ3v) is 4.63. The number of methoxy groups -OCH3 is 1. The van der Waals surface area contributed by atoms with Gasteiger partial charge in [0.05, 0.1) is 26.4 Å². The number of aromatic hydroxyl groups is 1. The number of phenolic OH excluding ortho intramolecular Hbond substituents is 1. The monoisotopic (exact) mass is 520 g/mol. The van der Waals surface area contributed by atoms with Crippen LogP contribution in [0.2, 0.25) is 0 Å². The molecule has 1 aromatic rings. The number of phenols is 1. The van der Waals surface area contributed by atoms with Crippen molar-refractivity contribution >= 4 is 29.9 Å². The van der Waals surface area contributed by atoms with Crippen molar-refractivity contribution in [1.82, 2.24) is 15.5 Å². The van der Waals surface area contributed by atoms with Gasteiger partial charge in [0, 0.05) is 32.7 Å². The van der Waals surface area contributed by atoms with Crippen LogP contribution in [0.15, 0.2) is 23.2 Å². The number of ether oxygens (including phenoxy) is 2. The Bertz CT molecular complexity index is 628. The highest BCUT2D eigenvalue weighted by molar-refractivity contribution is 14.0. The fourth-order valence-electron chi connectivity index (χ4n) is 3.36. The number of nitrogens with one attached hydrogen (secondary N) is 2. The fourth-order valence-corrected chi connectivity index (χ4v) is 3.36. The van der Waals surface area contributed by atoms with E-state index in [0.717, 1.165) is 44.3 Å². The van der Waals surface area contributed by atoms with Crippen molar-refractivity contribution in [2.45, 2.75) is 33.3 Å². The summed E-state index contributed by atoms with van der Waals surface area (Å²) in [5.74, 6) is 2.14. The van der Waals surface area contributed by atoms with Crippen LogP contribution in [0.3, 0.4) is 0 Å². The first-order valence-electron chi connectivity index (χ1n) is 10.2. The lowest BCUT2D eigenvalue weighted by atomic mass is 10.1. The lowest BCUT2D eigenvalue weighted by Crippen LogP contribution is -2.46. The molecule has 8 heteroatoms. The minimum atomic E-state index is 0. The Hall–Kier alpha value is -1.26. The van der Waals surface area contributed by atoms with E-state index >= 15 is 0 Å². The summed E-state index contributed by atoms with van der Waals surface area (Å²) in [5.41, 5.74) is 0.850. The molecule has 166 valence electrons. The average Bonchev–Trinajstić information content (AvgIpc) is 2.67. The van der Waals surface area contributed by atoms with Gasteiger partial charge in [-0.15, -0.1) is 24.0 Å². The molecule has 1 aromatic carbocycles. The average molecular weight is 520 g/mol.